The van der Waals surface area contributed by atoms with E-state index in [1.54, 1.807) is 11.3 Å². The molecule has 0 amide bonds. The van der Waals surface area contributed by atoms with Gasteiger partial charge in [0.25, 0.3) is 0 Å². The molecule has 4 heteroatoms. The highest BCUT2D eigenvalue weighted by atomic mass is 79.9. The monoisotopic (exact) mass is 277 g/mol. The molecule has 0 radical (unpaired) electrons. The van der Waals surface area contributed by atoms with Crippen molar-refractivity contribution in [3.05, 3.63) is 20.8 Å². The number of rotatable bonds is 4. The van der Waals surface area contributed by atoms with Crippen molar-refractivity contribution in [2.24, 2.45) is 5.73 Å². The Hall–Kier alpha value is 0.1000. The fourth-order valence-corrected chi connectivity index (χ4v) is 3.14. The van der Waals surface area contributed by atoms with Crippen LogP contribution in [-0.2, 0) is 5.41 Å². The smallest absolute Gasteiger partial charge is 0.0440 e. The maximum atomic E-state index is 9.06. The van der Waals surface area contributed by atoms with Gasteiger partial charge < -0.3 is 10.8 Å². The van der Waals surface area contributed by atoms with Crippen LogP contribution in [0.15, 0.2) is 15.9 Å². The van der Waals surface area contributed by atoms with Gasteiger partial charge in [-0.25, -0.2) is 0 Å². The number of aliphatic hydroxyl groups is 1. The number of hydrogen-bond donors (Lipinski definition) is 2. The normalized spacial score (nSPS) is 17.8. The molecular formula is C10H16BrNOS. The predicted molar refractivity (Wildman–Crippen MR) is 64.7 cm³/mol. The quantitative estimate of drug-likeness (QED) is 0.889. The summed E-state index contributed by atoms with van der Waals surface area (Å²) in [4.78, 5) is 1.23. The Morgan fingerprint density at radius 3 is 2.71 bits per heavy atom. The van der Waals surface area contributed by atoms with Crippen LogP contribution in [0.25, 0.3) is 0 Å². The van der Waals surface area contributed by atoms with Gasteiger partial charge in [0.15, 0.2) is 0 Å². The lowest BCUT2D eigenvalue weighted by Crippen LogP contribution is -2.41. The SMILES string of the molecule is CC(N)C(C)(CCO)c1cc(Br)cs1. The molecule has 3 N–H and O–H groups in total. The van der Waals surface area contributed by atoms with E-state index in [-0.39, 0.29) is 18.1 Å². The van der Waals surface area contributed by atoms with Crippen molar-refractivity contribution in [3.8, 4) is 0 Å². The minimum Gasteiger partial charge on any atom is -0.396 e. The van der Waals surface area contributed by atoms with Gasteiger partial charge in [0.2, 0.25) is 0 Å². The molecule has 2 nitrogen and oxygen atoms in total. The number of thiophene rings is 1. The first-order chi connectivity index (χ1) is 6.50. The molecule has 14 heavy (non-hydrogen) atoms. The van der Waals surface area contributed by atoms with Crippen molar-refractivity contribution in [1.82, 2.24) is 0 Å². The molecule has 0 aliphatic heterocycles. The Balaban J connectivity index is 2.98. The summed E-state index contributed by atoms with van der Waals surface area (Å²) in [5.74, 6) is 0. The molecule has 1 rings (SSSR count). The van der Waals surface area contributed by atoms with E-state index in [1.807, 2.05) is 12.3 Å². The summed E-state index contributed by atoms with van der Waals surface area (Å²) in [6.45, 7) is 4.27. The third-order valence-corrected chi connectivity index (χ3v) is 4.74. The first-order valence-corrected chi connectivity index (χ1v) is 6.29. The Morgan fingerprint density at radius 1 is 1.71 bits per heavy atom. The zero-order valence-corrected chi connectivity index (χ0v) is 10.9. The van der Waals surface area contributed by atoms with E-state index in [9.17, 15) is 0 Å². The standard InChI is InChI=1S/C10H16BrNOS/c1-7(12)10(2,3-4-13)9-5-8(11)6-14-9/h5-7,13H,3-4,12H2,1-2H3. The van der Waals surface area contributed by atoms with Crippen molar-refractivity contribution in [2.75, 3.05) is 6.61 Å². The first-order valence-electron chi connectivity index (χ1n) is 4.61. The molecular weight excluding hydrogens is 262 g/mol. The molecule has 1 heterocycles. The van der Waals surface area contributed by atoms with Gasteiger partial charge in [-0.3, -0.25) is 0 Å². The van der Waals surface area contributed by atoms with Gasteiger partial charge in [0.1, 0.15) is 0 Å². The third kappa shape index (κ3) is 2.37. The Bertz CT molecular complexity index is 300. The van der Waals surface area contributed by atoms with E-state index >= 15 is 0 Å². The molecule has 0 bridgehead atoms. The summed E-state index contributed by atoms with van der Waals surface area (Å²) < 4.78 is 1.09. The van der Waals surface area contributed by atoms with Crippen LogP contribution in [0.2, 0.25) is 0 Å². The van der Waals surface area contributed by atoms with Crippen molar-refractivity contribution >= 4 is 27.3 Å². The van der Waals surface area contributed by atoms with Gasteiger partial charge >= 0.3 is 0 Å². The second-order valence-corrected chi connectivity index (χ2v) is 5.64. The Kier molecular flexibility index (Phi) is 4.13. The Morgan fingerprint density at radius 2 is 2.36 bits per heavy atom. The van der Waals surface area contributed by atoms with Crippen LogP contribution in [0, 0.1) is 0 Å². The third-order valence-electron chi connectivity index (χ3n) is 2.77. The molecule has 1 aromatic rings. The van der Waals surface area contributed by atoms with Crippen molar-refractivity contribution in [1.29, 1.82) is 0 Å². The summed E-state index contributed by atoms with van der Waals surface area (Å²) >= 11 is 5.12. The van der Waals surface area contributed by atoms with E-state index in [0.29, 0.717) is 6.42 Å². The summed E-state index contributed by atoms with van der Waals surface area (Å²) in [5.41, 5.74) is 5.86. The molecule has 0 spiro atoms. The summed E-state index contributed by atoms with van der Waals surface area (Å²) in [6.07, 6.45) is 0.706. The maximum absolute atomic E-state index is 9.06. The summed E-state index contributed by atoms with van der Waals surface area (Å²) in [7, 11) is 0. The van der Waals surface area contributed by atoms with Crippen LogP contribution < -0.4 is 5.73 Å². The first kappa shape index (κ1) is 12.2. The molecule has 0 aliphatic rings. The topological polar surface area (TPSA) is 46.2 Å². The molecule has 0 aliphatic carbocycles. The lowest BCUT2D eigenvalue weighted by molar-refractivity contribution is 0.231. The summed E-state index contributed by atoms with van der Waals surface area (Å²) in [6, 6.07) is 2.13. The molecule has 0 saturated carbocycles. The van der Waals surface area contributed by atoms with E-state index in [2.05, 4.69) is 28.9 Å². The van der Waals surface area contributed by atoms with Gasteiger partial charge in [0, 0.05) is 32.8 Å². The van der Waals surface area contributed by atoms with Crippen LogP contribution in [0.3, 0.4) is 0 Å². The molecule has 1 aromatic heterocycles. The second kappa shape index (κ2) is 4.75. The van der Waals surface area contributed by atoms with Crippen LogP contribution in [-0.4, -0.2) is 17.8 Å². The van der Waals surface area contributed by atoms with Gasteiger partial charge in [-0.1, -0.05) is 6.92 Å². The predicted octanol–water partition coefficient (Wildman–Crippen LogP) is 2.50. The molecule has 2 unspecified atom stereocenters. The van der Waals surface area contributed by atoms with Gasteiger partial charge in [-0.05, 0) is 35.3 Å². The maximum Gasteiger partial charge on any atom is 0.0440 e. The van der Waals surface area contributed by atoms with Gasteiger partial charge in [-0.2, -0.15) is 0 Å². The second-order valence-electron chi connectivity index (χ2n) is 3.81. The van der Waals surface area contributed by atoms with E-state index in [1.165, 1.54) is 4.88 Å². The van der Waals surface area contributed by atoms with E-state index < -0.39 is 0 Å². The largest absolute Gasteiger partial charge is 0.396 e. The molecule has 0 aromatic carbocycles. The Labute approximate surface area is 97.3 Å². The van der Waals surface area contributed by atoms with E-state index in [4.69, 9.17) is 10.8 Å². The van der Waals surface area contributed by atoms with Crippen LogP contribution in [0.4, 0.5) is 0 Å². The number of nitrogens with two attached hydrogens (primary N) is 1. The zero-order chi connectivity index (χ0) is 10.8. The zero-order valence-electron chi connectivity index (χ0n) is 8.46. The molecule has 80 valence electrons. The van der Waals surface area contributed by atoms with Gasteiger partial charge in [0.05, 0.1) is 0 Å². The highest BCUT2D eigenvalue weighted by Gasteiger charge is 2.31. The average molecular weight is 278 g/mol. The van der Waals surface area contributed by atoms with Gasteiger partial charge in [-0.15, -0.1) is 11.3 Å². The minimum atomic E-state index is -0.120. The molecule has 2 atom stereocenters. The minimum absolute atomic E-state index is 0.0419. The molecule has 0 saturated heterocycles. The van der Waals surface area contributed by atoms with Crippen molar-refractivity contribution < 1.29 is 5.11 Å². The highest BCUT2D eigenvalue weighted by Crippen LogP contribution is 2.36. The number of aliphatic hydroxyl groups excluding tert-OH is 1. The van der Waals surface area contributed by atoms with Crippen molar-refractivity contribution in [2.45, 2.75) is 31.7 Å². The fourth-order valence-electron chi connectivity index (χ4n) is 1.42. The lowest BCUT2D eigenvalue weighted by atomic mass is 9.79. The van der Waals surface area contributed by atoms with Crippen molar-refractivity contribution in [3.63, 3.8) is 0 Å². The lowest BCUT2D eigenvalue weighted by Gasteiger charge is -2.32. The average Bonchev–Trinajstić information content (AvgIpc) is 2.52. The summed E-state index contributed by atoms with van der Waals surface area (Å²) in [5, 5.41) is 11.1. The fraction of sp³-hybridized carbons (Fsp3) is 0.600. The molecule has 0 fully saturated rings. The van der Waals surface area contributed by atoms with Crippen LogP contribution in [0.5, 0.6) is 0 Å². The number of hydrogen-bond acceptors (Lipinski definition) is 3. The van der Waals surface area contributed by atoms with Crippen LogP contribution >= 0.6 is 27.3 Å². The number of halogens is 1. The highest BCUT2D eigenvalue weighted by molar-refractivity contribution is 9.10. The van der Waals surface area contributed by atoms with Crippen LogP contribution in [0.1, 0.15) is 25.1 Å². The van der Waals surface area contributed by atoms with E-state index in [0.717, 1.165) is 4.47 Å².